The van der Waals surface area contributed by atoms with Crippen molar-refractivity contribution in [3.05, 3.63) is 0 Å². The number of carbonyl (C=O) groups is 3. The monoisotopic (exact) mass is 351 g/mol. The Kier molecular flexibility index (Phi) is 6.13. The first-order valence-corrected chi connectivity index (χ1v) is 7.59. The SMILES string of the molecule is CCOC(=O)C(F)(F)C1CC[C@H](C(=O)OC)N1C(=O)OC(C)(C)C. The van der Waals surface area contributed by atoms with Gasteiger partial charge in [0.15, 0.2) is 0 Å². The largest absolute Gasteiger partial charge is 0.467 e. The van der Waals surface area contributed by atoms with Crippen molar-refractivity contribution in [1.82, 2.24) is 4.90 Å². The Morgan fingerprint density at radius 2 is 1.75 bits per heavy atom. The molecule has 1 unspecified atom stereocenters. The van der Waals surface area contributed by atoms with Crippen LogP contribution in [0.15, 0.2) is 0 Å². The van der Waals surface area contributed by atoms with Gasteiger partial charge in [-0.3, -0.25) is 4.90 Å². The number of alkyl halides is 2. The number of carbonyl (C=O) groups excluding carboxylic acids is 3. The highest BCUT2D eigenvalue weighted by Crippen LogP contribution is 2.37. The van der Waals surface area contributed by atoms with Gasteiger partial charge in [0.25, 0.3) is 0 Å². The first kappa shape index (κ1) is 20.1. The van der Waals surface area contributed by atoms with Gasteiger partial charge in [-0.15, -0.1) is 0 Å². The lowest BCUT2D eigenvalue weighted by Crippen LogP contribution is -2.56. The molecule has 0 aromatic carbocycles. The Labute approximate surface area is 139 Å². The normalized spacial score (nSPS) is 21.4. The average Bonchev–Trinajstić information content (AvgIpc) is 2.90. The minimum absolute atomic E-state index is 0.0639. The molecule has 1 fully saturated rings. The van der Waals surface area contributed by atoms with Gasteiger partial charge in [-0.05, 0) is 40.5 Å². The van der Waals surface area contributed by atoms with Gasteiger partial charge in [0.2, 0.25) is 0 Å². The maximum absolute atomic E-state index is 14.4. The van der Waals surface area contributed by atoms with Crippen molar-refractivity contribution in [3.8, 4) is 0 Å². The minimum Gasteiger partial charge on any atom is -0.467 e. The molecule has 1 aliphatic heterocycles. The van der Waals surface area contributed by atoms with Crippen LogP contribution in [-0.2, 0) is 23.8 Å². The average molecular weight is 351 g/mol. The Morgan fingerprint density at radius 1 is 1.17 bits per heavy atom. The van der Waals surface area contributed by atoms with Crippen LogP contribution in [0.1, 0.15) is 40.5 Å². The number of methoxy groups -OCH3 is 1. The van der Waals surface area contributed by atoms with Crippen molar-refractivity contribution in [1.29, 1.82) is 0 Å². The van der Waals surface area contributed by atoms with E-state index in [0.717, 1.165) is 7.11 Å². The molecular formula is C15H23F2NO6. The summed E-state index contributed by atoms with van der Waals surface area (Å²) in [5.74, 6) is -6.55. The second-order valence-electron chi connectivity index (χ2n) is 6.36. The van der Waals surface area contributed by atoms with E-state index in [4.69, 9.17) is 4.74 Å². The molecule has 1 saturated heterocycles. The zero-order valence-corrected chi connectivity index (χ0v) is 14.4. The second kappa shape index (κ2) is 7.31. The van der Waals surface area contributed by atoms with Gasteiger partial charge in [-0.2, -0.15) is 8.78 Å². The van der Waals surface area contributed by atoms with Crippen LogP contribution in [0.25, 0.3) is 0 Å². The smallest absolute Gasteiger partial charge is 0.411 e. The summed E-state index contributed by atoms with van der Waals surface area (Å²) >= 11 is 0. The lowest BCUT2D eigenvalue weighted by atomic mass is 10.1. The molecule has 2 atom stereocenters. The van der Waals surface area contributed by atoms with Crippen molar-refractivity contribution >= 4 is 18.0 Å². The van der Waals surface area contributed by atoms with Gasteiger partial charge in [-0.25, -0.2) is 14.4 Å². The number of ether oxygens (including phenoxy) is 3. The summed E-state index contributed by atoms with van der Waals surface area (Å²) in [6, 6.07) is -3.08. The van der Waals surface area contributed by atoms with Crippen molar-refractivity contribution in [3.63, 3.8) is 0 Å². The zero-order valence-electron chi connectivity index (χ0n) is 14.4. The van der Waals surface area contributed by atoms with Crippen molar-refractivity contribution in [2.24, 2.45) is 0 Å². The van der Waals surface area contributed by atoms with E-state index in [1.54, 1.807) is 20.8 Å². The van der Waals surface area contributed by atoms with Crippen LogP contribution in [0.4, 0.5) is 13.6 Å². The summed E-state index contributed by atoms with van der Waals surface area (Å²) in [7, 11) is 1.09. The van der Waals surface area contributed by atoms with E-state index in [1.807, 2.05) is 0 Å². The number of esters is 2. The van der Waals surface area contributed by atoms with Gasteiger partial charge in [0, 0.05) is 0 Å². The number of halogens is 2. The van der Waals surface area contributed by atoms with Gasteiger partial charge < -0.3 is 14.2 Å². The Bertz CT molecular complexity index is 503. The summed E-state index contributed by atoms with van der Waals surface area (Å²) in [5.41, 5.74) is -0.954. The van der Waals surface area contributed by atoms with Crippen LogP contribution in [0.5, 0.6) is 0 Å². The molecule has 9 heteroatoms. The number of rotatable bonds is 4. The molecule has 0 radical (unpaired) electrons. The summed E-state index contributed by atoms with van der Waals surface area (Å²) in [6.07, 6.45) is -1.43. The Hall–Kier alpha value is -1.93. The molecule has 0 N–H and O–H groups in total. The van der Waals surface area contributed by atoms with Gasteiger partial charge in [0.05, 0.1) is 13.7 Å². The van der Waals surface area contributed by atoms with E-state index in [2.05, 4.69) is 9.47 Å². The molecule has 1 rings (SSSR count). The number of likely N-dealkylation sites (tertiary alicyclic amines) is 1. The van der Waals surface area contributed by atoms with Crippen LogP contribution in [0.3, 0.4) is 0 Å². The maximum atomic E-state index is 14.4. The van der Waals surface area contributed by atoms with E-state index in [0.29, 0.717) is 4.90 Å². The van der Waals surface area contributed by atoms with Gasteiger partial charge in [-0.1, -0.05) is 0 Å². The first-order valence-electron chi connectivity index (χ1n) is 7.59. The van der Waals surface area contributed by atoms with Crippen LogP contribution in [0.2, 0.25) is 0 Å². The van der Waals surface area contributed by atoms with E-state index < -0.39 is 41.6 Å². The highest BCUT2D eigenvalue weighted by Gasteiger charge is 2.59. The quantitative estimate of drug-likeness (QED) is 0.570. The Balaban J connectivity index is 3.16. The third-order valence-electron chi connectivity index (χ3n) is 3.43. The first-order chi connectivity index (χ1) is 11.0. The van der Waals surface area contributed by atoms with Crippen LogP contribution in [0, 0.1) is 0 Å². The summed E-state index contributed by atoms with van der Waals surface area (Å²) < 4.78 is 42.9. The van der Waals surface area contributed by atoms with Crippen LogP contribution in [-0.4, -0.2) is 60.3 Å². The molecule has 0 aliphatic carbocycles. The van der Waals surface area contributed by atoms with Gasteiger partial charge in [0.1, 0.15) is 17.7 Å². The molecule has 7 nitrogen and oxygen atoms in total. The molecule has 1 amide bonds. The van der Waals surface area contributed by atoms with E-state index >= 15 is 0 Å². The fraction of sp³-hybridized carbons (Fsp3) is 0.800. The topological polar surface area (TPSA) is 82.1 Å². The summed E-state index contributed by atoms with van der Waals surface area (Å²) in [5, 5.41) is 0. The third-order valence-corrected chi connectivity index (χ3v) is 3.43. The highest BCUT2D eigenvalue weighted by molar-refractivity contribution is 5.85. The molecule has 138 valence electrons. The minimum atomic E-state index is -3.96. The molecule has 1 aliphatic rings. The van der Waals surface area contributed by atoms with E-state index in [9.17, 15) is 23.2 Å². The predicted molar refractivity (Wildman–Crippen MR) is 78.5 cm³/mol. The molecule has 1 heterocycles. The predicted octanol–water partition coefficient (Wildman–Crippen LogP) is 2.13. The summed E-state index contributed by atoms with van der Waals surface area (Å²) in [4.78, 5) is 36.3. The molecule has 0 aromatic rings. The maximum Gasteiger partial charge on any atom is 0.411 e. The highest BCUT2D eigenvalue weighted by atomic mass is 19.3. The molecule has 0 aromatic heterocycles. The standard InChI is InChI=1S/C15H23F2NO6/c1-6-23-12(20)15(16,17)10-8-7-9(11(19)22-5)18(10)13(21)24-14(2,3)4/h9-10H,6-8H2,1-5H3/t9-,10?/m1/s1. The number of hydrogen-bond donors (Lipinski definition) is 0. The van der Waals surface area contributed by atoms with Crippen molar-refractivity contribution in [2.75, 3.05) is 13.7 Å². The molecular weight excluding hydrogens is 328 g/mol. The van der Waals surface area contributed by atoms with Gasteiger partial charge >= 0.3 is 24.0 Å². The fourth-order valence-corrected chi connectivity index (χ4v) is 2.47. The molecule has 0 bridgehead atoms. The lowest BCUT2D eigenvalue weighted by molar-refractivity contribution is -0.181. The zero-order chi connectivity index (χ0) is 18.7. The number of hydrogen-bond acceptors (Lipinski definition) is 6. The molecule has 0 saturated carbocycles. The van der Waals surface area contributed by atoms with Crippen molar-refractivity contribution in [2.45, 2.75) is 64.1 Å². The second-order valence-corrected chi connectivity index (χ2v) is 6.36. The Morgan fingerprint density at radius 3 is 2.21 bits per heavy atom. The van der Waals surface area contributed by atoms with Crippen molar-refractivity contribution < 1.29 is 37.4 Å². The van der Waals surface area contributed by atoms with Crippen LogP contribution >= 0.6 is 0 Å². The van der Waals surface area contributed by atoms with E-state index in [-0.39, 0.29) is 19.4 Å². The van der Waals surface area contributed by atoms with E-state index in [1.165, 1.54) is 6.92 Å². The number of amides is 1. The summed E-state index contributed by atoms with van der Waals surface area (Å²) in [6.45, 7) is 5.85. The lowest BCUT2D eigenvalue weighted by Gasteiger charge is -2.34. The molecule has 24 heavy (non-hydrogen) atoms. The number of nitrogens with zero attached hydrogens (tertiary/aromatic N) is 1. The molecule has 0 spiro atoms. The fourth-order valence-electron chi connectivity index (χ4n) is 2.47. The third kappa shape index (κ3) is 4.33. The van der Waals surface area contributed by atoms with Crippen LogP contribution < -0.4 is 0 Å².